The number of nitrogens with zero attached hydrogens (tertiary/aromatic N) is 6. The lowest BCUT2D eigenvalue weighted by atomic mass is 9.97. The van der Waals surface area contributed by atoms with Crippen LogP contribution in [0.4, 0.5) is 13.2 Å². The standard InChI is InChI=1S/C23H23F3N6O4S/c1-2-35-21(34)15-8-12-31(13-9-15)20(33)19-18(14-37-22-27-10-3-11-28-22)32(30-29-19)16-4-6-17(7-5-16)36-23(24,25)26/h3-7,10-11,15H,2,8-9,12-14H2,1H3. The lowest BCUT2D eigenvalue weighted by Gasteiger charge is -2.30. The van der Waals surface area contributed by atoms with Gasteiger partial charge >= 0.3 is 12.3 Å². The fourth-order valence-corrected chi connectivity index (χ4v) is 4.61. The second kappa shape index (κ2) is 11.6. The Morgan fingerprint density at radius 2 is 1.78 bits per heavy atom. The van der Waals surface area contributed by atoms with Crippen LogP contribution in [0.25, 0.3) is 5.69 Å². The molecule has 3 aromatic rings. The van der Waals surface area contributed by atoms with E-state index in [-0.39, 0.29) is 35.0 Å². The summed E-state index contributed by atoms with van der Waals surface area (Å²) in [5.74, 6) is -1.04. The molecule has 0 N–H and O–H groups in total. The van der Waals surface area contributed by atoms with Crippen LogP contribution in [0.2, 0.25) is 0 Å². The van der Waals surface area contributed by atoms with E-state index in [0.717, 1.165) is 12.1 Å². The van der Waals surface area contributed by atoms with Crippen LogP contribution in [0.1, 0.15) is 35.9 Å². The van der Waals surface area contributed by atoms with Gasteiger partial charge in [-0.3, -0.25) is 9.59 Å². The van der Waals surface area contributed by atoms with Crippen molar-refractivity contribution < 1.29 is 32.2 Å². The summed E-state index contributed by atoms with van der Waals surface area (Å²) in [7, 11) is 0. The van der Waals surface area contributed by atoms with Crippen LogP contribution in [0, 0.1) is 5.92 Å². The number of benzene rings is 1. The van der Waals surface area contributed by atoms with Gasteiger partial charge in [0, 0.05) is 31.2 Å². The minimum atomic E-state index is -4.81. The minimum Gasteiger partial charge on any atom is -0.466 e. The maximum atomic E-state index is 13.4. The highest BCUT2D eigenvalue weighted by atomic mass is 32.2. The number of hydrogen-bond donors (Lipinski definition) is 0. The van der Waals surface area contributed by atoms with Crippen molar-refractivity contribution >= 4 is 23.6 Å². The van der Waals surface area contributed by atoms with Crippen molar-refractivity contribution in [1.29, 1.82) is 0 Å². The Balaban J connectivity index is 1.57. The highest BCUT2D eigenvalue weighted by Crippen LogP contribution is 2.28. The maximum Gasteiger partial charge on any atom is 0.573 e. The predicted octanol–water partition coefficient (Wildman–Crippen LogP) is 3.66. The number of halogens is 3. The van der Waals surface area contributed by atoms with Gasteiger partial charge in [0.1, 0.15) is 5.75 Å². The zero-order valence-electron chi connectivity index (χ0n) is 19.7. The lowest BCUT2D eigenvalue weighted by molar-refractivity contribution is -0.274. The molecule has 0 unspecified atom stereocenters. The Morgan fingerprint density at radius 3 is 2.41 bits per heavy atom. The van der Waals surface area contributed by atoms with Gasteiger partial charge < -0.3 is 14.4 Å². The summed E-state index contributed by atoms with van der Waals surface area (Å²) in [6, 6.07) is 6.77. The Bertz CT molecular complexity index is 1220. The summed E-state index contributed by atoms with van der Waals surface area (Å²) in [5, 5.41) is 8.69. The van der Waals surface area contributed by atoms with Gasteiger partial charge in [-0.25, -0.2) is 14.6 Å². The highest BCUT2D eigenvalue weighted by Gasteiger charge is 2.33. The summed E-state index contributed by atoms with van der Waals surface area (Å²) in [5.41, 5.74) is 0.930. The van der Waals surface area contributed by atoms with Gasteiger partial charge in [-0.2, -0.15) is 0 Å². The molecule has 1 aromatic carbocycles. The number of piperidine rings is 1. The fourth-order valence-electron chi connectivity index (χ4n) is 3.81. The molecule has 4 rings (SSSR count). The van der Waals surface area contributed by atoms with E-state index >= 15 is 0 Å². The van der Waals surface area contributed by atoms with Gasteiger partial charge in [-0.1, -0.05) is 17.0 Å². The second-order valence-electron chi connectivity index (χ2n) is 7.98. The number of esters is 1. The average molecular weight is 537 g/mol. The zero-order valence-corrected chi connectivity index (χ0v) is 20.5. The predicted molar refractivity (Wildman–Crippen MR) is 125 cm³/mol. The van der Waals surface area contributed by atoms with Gasteiger partial charge in [0.25, 0.3) is 5.91 Å². The second-order valence-corrected chi connectivity index (χ2v) is 8.92. The molecule has 0 bridgehead atoms. The molecule has 0 aliphatic carbocycles. The minimum absolute atomic E-state index is 0.105. The molecular weight excluding hydrogens is 513 g/mol. The van der Waals surface area contributed by atoms with Crippen molar-refractivity contribution in [2.24, 2.45) is 5.92 Å². The molecule has 196 valence electrons. The number of amides is 1. The first-order chi connectivity index (χ1) is 17.7. The van der Waals surface area contributed by atoms with Crippen LogP contribution in [0.5, 0.6) is 5.75 Å². The molecule has 10 nitrogen and oxygen atoms in total. The first-order valence-electron chi connectivity index (χ1n) is 11.4. The number of alkyl halides is 3. The van der Waals surface area contributed by atoms with Crippen LogP contribution >= 0.6 is 11.8 Å². The normalized spacial score (nSPS) is 14.4. The summed E-state index contributed by atoms with van der Waals surface area (Å²) >= 11 is 1.26. The van der Waals surface area contributed by atoms with Gasteiger partial charge in [-0.05, 0) is 50.1 Å². The van der Waals surface area contributed by atoms with E-state index in [9.17, 15) is 22.8 Å². The van der Waals surface area contributed by atoms with E-state index in [1.807, 2.05) is 0 Å². The number of thioether (sulfide) groups is 1. The number of likely N-dealkylation sites (tertiary alicyclic amines) is 1. The zero-order chi connectivity index (χ0) is 26.4. The van der Waals surface area contributed by atoms with Crippen LogP contribution in [-0.4, -0.2) is 67.8 Å². The molecule has 1 fully saturated rings. The van der Waals surface area contributed by atoms with E-state index in [0.29, 0.717) is 49.1 Å². The Kier molecular flexibility index (Phi) is 8.26. The molecule has 0 spiro atoms. The van der Waals surface area contributed by atoms with Crippen LogP contribution in [0.15, 0.2) is 47.9 Å². The first-order valence-corrected chi connectivity index (χ1v) is 12.4. The average Bonchev–Trinajstić information content (AvgIpc) is 3.31. The van der Waals surface area contributed by atoms with Crippen LogP contribution in [0.3, 0.4) is 0 Å². The number of rotatable bonds is 8. The van der Waals surface area contributed by atoms with E-state index in [2.05, 4.69) is 25.0 Å². The lowest BCUT2D eigenvalue weighted by Crippen LogP contribution is -2.41. The number of carbonyl (C=O) groups excluding carboxylic acids is 2. The summed E-state index contributed by atoms with van der Waals surface area (Å²) in [6.07, 6.45) is -0.691. The van der Waals surface area contributed by atoms with Gasteiger partial charge in [0.05, 0.1) is 23.9 Å². The molecule has 3 heterocycles. The van der Waals surface area contributed by atoms with Crippen molar-refractivity contribution in [2.75, 3.05) is 19.7 Å². The molecule has 0 atom stereocenters. The van der Waals surface area contributed by atoms with Gasteiger partial charge in [0.2, 0.25) is 0 Å². The van der Waals surface area contributed by atoms with Crippen LogP contribution < -0.4 is 4.74 Å². The third kappa shape index (κ3) is 6.76. The van der Waals surface area contributed by atoms with E-state index in [1.54, 1.807) is 30.3 Å². The van der Waals surface area contributed by atoms with E-state index in [1.165, 1.54) is 28.6 Å². The van der Waals surface area contributed by atoms with Crippen molar-refractivity contribution in [2.45, 2.75) is 37.0 Å². The maximum absolute atomic E-state index is 13.4. The highest BCUT2D eigenvalue weighted by molar-refractivity contribution is 7.98. The third-order valence-corrected chi connectivity index (χ3v) is 6.45. The van der Waals surface area contributed by atoms with Crippen LogP contribution in [-0.2, 0) is 15.3 Å². The van der Waals surface area contributed by atoms with Crippen molar-refractivity contribution in [3.63, 3.8) is 0 Å². The number of ether oxygens (including phenoxy) is 2. The van der Waals surface area contributed by atoms with Gasteiger partial charge in [-0.15, -0.1) is 18.3 Å². The molecule has 1 aliphatic heterocycles. The number of aromatic nitrogens is 5. The molecular formula is C23H23F3N6O4S. The molecule has 0 saturated carbocycles. The Morgan fingerprint density at radius 1 is 1.11 bits per heavy atom. The topological polar surface area (TPSA) is 112 Å². The van der Waals surface area contributed by atoms with E-state index in [4.69, 9.17) is 4.74 Å². The molecule has 2 aromatic heterocycles. The number of hydrogen-bond acceptors (Lipinski definition) is 9. The van der Waals surface area contributed by atoms with Gasteiger partial charge in [0.15, 0.2) is 10.9 Å². The monoisotopic (exact) mass is 536 g/mol. The van der Waals surface area contributed by atoms with E-state index < -0.39 is 6.36 Å². The Hall–Kier alpha value is -3.68. The first kappa shape index (κ1) is 26.4. The number of carbonyl (C=O) groups is 2. The Labute approximate surface area is 214 Å². The molecule has 14 heteroatoms. The molecule has 1 aliphatic rings. The summed E-state index contributed by atoms with van der Waals surface area (Å²) < 4.78 is 48.0. The summed E-state index contributed by atoms with van der Waals surface area (Å²) in [6.45, 7) is 2.76. The van der Waals surface area contributed by atoms with Crippen molar-refractivity contribution in [3.8, 4) is 11.4 Å². The largest absolute Gasteiger partial charge is 0.573 e. The third-order valence-electron chi connectivity index (χ3n) is 5.56. The quantitative estimate of drug-likeness (QED) is 0.242. The summed E-state index contributed by atoms with van der Waals surface area (Å²) in [4.78, 5) is 35.4. The molecule has 1 amide bonds. The molecule has 0 radical (unpaired) electrons. The smallest absolute Gasteiger partial charge is 0.466 e. The molecule has 1 saturated heterocycles. The fraction of sp³-hybridized carbons (Fsp3) is 0.391. The SMILES string of the molecule is CCOC(=O)C1CCN(C(=O)c2nnn(-c3ccc(OC(F)(F)F)cc3)c2CSc2ncccn2)CC1. The molecule has 37 heavy (non-hydrogen) atoms. The van der Waals surface area contributed by atoms with Crippen molar-refractivity contribution in [1.82, 2.24) is 29.9 Å². The van der Waals surface area contributed by atoms with Crippen molar-refractivity contribution in [3.05, 3.63) is 54.1 Å².